The van der Waals surface area contributed by atoms with Crippen LogP contribution < -0.4 is 4.90 Å². The molecule has 2 unspecified atom stereocenters. The van der Waals surface area contributed by atoms with Crippen LogP contribution in [0.4, 0.5) is 5.69 Å². The number of nitrogens with zero attached hydrogens (tertiary/aromatic N) is 1. The van der Waals surface area contributed by atoms with Crippen LogP contribution in [0.2, 0.25) is 5.02 Å². The number of halogens is 1. The topological polar surface area (TPSA) is 20.3 Å². The van der Waals surface area contributed by atoms with Crippen molar-refractivity contribution in [2.75, 3.05) is 11.4 Å². The van der Waals surface area contributed by atoms with Crippen LogP contribution >= 0.6 is 11.6 Å². The molecule has 1 fully saturated rings. The van der Waals surface area contributed by atoms with Crippen molar-refractivity contribution in [3.8, 4) is 0 Å². The summed E-state index contributed by atoms with van der Waals surface area (Å²) in [6.07, 6.45) is 2.08. The minimum absolute atomic E-state index is 0.479. The van der Waals surface area contributed by atoms with Crippen molar-refractivity contribution in [3.05, 3.63) is 28.8 Å². The molecule has 1 aromatic rings. The molecule has 1 aromatic carbocycles. The molecule has 1 aliphatic heterocycles. The van der Waals surface area contributed by atoms with E-state index in [4.69, 9.17) is 11.6 Å². The van der Waals surface area contributed by atoms with Gasteiger partial charge >= 0.3 is 0 Å². The van der Waals surface area contributed by atoms with Crippen LogP contribution in [0.1, 0.15) is 30.6 Å². The second-order valence-corrected chi connectivity index (χ2v) is 5.10. The first-order valence-corrected chi connectivity index (χ1v) is 6.01. The first-order chi connectivity index (χ1) is 7.61. The highest BCUT2D eigenvalue weighted by Gasteiger charge is 2.27. The number of hydrogen-bond donors (Lipinski definition) is 0. The Morgan fingerprint density at radius 1 is 1.44 bits per heavy atom. The third kappa shape index (κ3) is 2.07. The third-order valence-corrected chi connectivity index (χ3v) is 3.45. The van der Waals surface area contributed by atoms with Gasteiger partial charge in [0.1, 0.15) is 0 Å². The van der Waals surface area contributed by atoms with Crippen LogP contribution in [0, 0.1) is 5.92 Å². The van der Waals surface area contributed by atoms with Crippen molar-refractivity contribution in [1.82, 2.24) is 0 Å². The molecule has 3 heteroatoms. The molecule has 1 aliphatic rings. The maximum atomic E-state index is 11.0. The number of anilines is 1. The number of carbonyl (C=O) groups is 1. The zero-order chi connectivity index (χ0) is 11.7. The Labute approximate surface area is 101 Å². The zero-order valence-corrected chi connectivity index (χ0v) is 10.4. The maximum absolute atomic E-state index is 11.0. The van der Waals surface area contributed by atoms with Crippen molar-refractivity contribution in [2.45, 2.75) is 26.3 Å². The van der Waals surface area contributed by atoms with Crippen LogP contribution in [-0.4, -0.2) is 18.9 Å². The zero-order valence-electron chi connectivity index (χ0n) is 9.61. The molecule has 1 saturated heterocycles. The lowest BCUT2D eigenvalue weighted by atomic mass is 10.1. The lowest BCUT2D eigenvalue weighted by Crippen LogP contribution is -2.27. The predicted molar refractivity (Wildman–Crippen MR) is 67.4 cm³/mol. The van der Waals surface area contributed by atoms with Gasteiger partial charge in [-0.2, -0.15) is 0 Å². The van der Waals surface area contributed by atoms with E-state index in [2.05, 4.69) is 18.7 Å². The molecule has 1 heterocycles. The summed E-state index contributed by atoms with van der Waals surface area (Å²) in [6, 6.07) is 5.92. The fourth-order valence-electron chi connectivity index (χ4n) is 2.50. The lowest BCUT2D eigenvalue weighted by molar-refractivity contribution is 0.112. The highest BCUT2D eigenvalue weighted by molar-refractivity contribution is 6.31. The quantitative estimate of drug-likeness (QED) is 0.735. The largest absolute Gasteiger partial charge is 0.368 e. The molecule has 86 valence electrons. The van der Waals surface area contributed by atoms with E-state index in [1.165, 1.54) is 6.42 Å². The Bertz CT molecular complexity index is 405. The van der Waals surface area contributed by atoms with E-state index in [0.29, 0.717) is 17.0 Å². The Balaban J connectivity index is 2.38. The highest BCUT2D eigenvalue weighted by atomic mass is 35.5. The van der Waals surface area contributed by atoms with E-state index in [9.17, 15) is 4.79 Å². The number of benzene rings is 1. The van der Waals surface area contributed by atoms with Gasteiger partial charge in [-0.1, -0.05) is 18.5 Å². The first-order valence-electron chi connectivity index (χ1n) is 5.63. The van der Waals surface area contributed by atoms with Gasteiger partial charge in [0.25, 0.3) is 0 Å². The second kappa shape index (κ2) is 4.46. The summed E-state index contributed by atoms with van der Waals surface area (Å²) in [7, 11) is 0. The van der Waals surface area contributed by atoms with E-state index < -0.39 is 0 Å². The molecule has 0 aromatic heterocycles. The molecule has 2 atom stereocenters. The molecule has 0 saturated carbocycles. The van der Waals surface area contributed by atoms with Crippen LogP contribution in [0.5, 0.6) is 0 Å². The van der Waals surface area contributed by atoms with Crippen molar-refractivity contribution >= 4 is 23.6 Å². The number of aldehydes is 1. The Morgan fingerprint density at radius 3 is 2.75 bits per heavy atom. The normalized spacial score (nSPS) is 24.8. The number of carbonyl (C=O) groups excluding carboxylic acids is 1. The molecule has 16 heavy (non-hydrogen) atoms. The van der Waals surface area contributed by atoms with Crippen molar-refractivity contribution < 1.29 is 4.79 Å². The van der Waals surface area contributed by atoms with E-state index in [1.54, 1.807) is 12.1 Å². The SMILES string of the molecule is CC1CC(C)N(c2cc(Cl)ccc2C=O)C1. The summed E-state index contributed by atoms with van der Waals surface area (Å²) in [5, 5.41) is 0.687. The Morgan fingerprint density at radius 2 is 2.19 bits per heavy atom. The van der Waals surface area contributed by atoms with E-state index >= 15 is 0 Å². The summed E-state index contributed by atoms with van der Waals surface area (Å²) in [6.45, 7) is 5.43. The summed E-state index contributed by atoms with van der Waals surface area (Å²) in [4.78, 5) is 13.3. The standard InChI is InChI=1S/C13H16ClNO/c1-9-5-10(2)15(7-9)13-6-12(14)4-3-11(13)8-16/h3-4,6,8-10H,5,7H2,1-2H3. The van der Waals surface area contributed by atoms with Gasteiger partial charge in [0.15, 0.2) is 6.29 Å². The Kier molecular flexibility index (Phi) is 3.20. The summed E-state index contributed by atoms with van der Waals surface area (Å²) in [5.41, 5.74) is 1.70. The van der Waals surface area contributed by atoms with Gasteiger partial charge in [-0.15, -0.1) is 0 Å². The molecule has 0 spiro atoms. The summed E-state index contributed by atoms with van der Waals surface area (Å²) in [5.74, 6) is 0.675. The van der Waals surface area contributed by atoms with Crippen molar-refractivity contribution in [3.63, 3.8) is 0 Å². The highest BCUT2D eigenvalue weighted by Crippen LogP contribution is 2.32. The Hall–Kier alpha value is -1.02. The fourth-order valence-corrected chi connectivity index (χ4v) is 2.67. The molecular weight excluding hydrogens is 222 g/mol. The summed E-state index contributed by atoms with van der Waals surface area (Å²) >= 11 is 5.99. The maximum Gasteiger partial charge on any atom is 0.152 e. The molecule has 2 rings (SSSR count). The van der Waals surface area contributed by atoms with Crippen molar-refractivity contribution in [1.29, 1.82) is 0 Å². The molecule has 0 radical (unpaired) electrons. The predicted octanol–water partition coefficient (Wildman–Crippen LogP) is 3.39. The van der Waals surface area contributed by atoms with Gasteiger partial charge in [0.05, 0.1) is 0 Å². The van der Waals surface area contributed by atoms with Crippen LogP contribution in [0.3, 0.4) is 0 Å². The van der Waals surface area contributed by atoms with Gasteiger partial charge < -0.3 is 4.90 Å². The smallest absolute Gasteiger partial charge is 0.152 e. The first kappa shape index (κ1) is 11.5. The number of rotatable bonds is 2. The average molecular weight is 238 g/mol. The van der Waals surface area contributed by atoms with Gasteiger partial charge in [-0.25, -0.2) is 0 Å². The van der Waals surface area contributed by atoms with Crippen LogP contribution in [-0.2, 0) is 0 Å². The summed E-state index contributed by atoms with van der Waals surface area (Å²) < 4.78 is 0. The third-order valence-electron chi connectivity index (χ3n) is 3.21. The van der Waals surface area contributed by atoms with Crippen LogP contribution in [0.15, 0.2) is 18.2 Å². The van der Waals surface area contributed by atoms with Gasteiger partial charge in [0.2, 0.25) is 0 Å². The molecule has 2 nitrogen and oxygen atoms in total. The average Bonchev–Trinajstić information content (AvgIpc) is 2.57. The molecular formula is C13H16ClNO. The minimum atomic E-state index is 0.479. The number of hydrogen-bond acceptors (Lipinski definition) is 2. The molecule has 0 aliphatic carbocycles. The molecule has 0 amide bonds. The second-order valence-electron chi connectivity index (χ2n) is 4.66. The lowest BCUT2D eigenvalue weighted by Gasteiger charge is -2.25. The van der Waals surface area contributed by atoms with E-state index in [0.717, 1.165) is 24.1 Å². The van der Waals surface area contributed by atoms with Crippen molar-refractivity contribution in [2.24, 2.45) is 5.92 Å². The molecule has 0 N–H and O–H groups in total. The van der Waals surface area contributed by atoms with E-state index in [-0.39, 0.29) is 0 Å². The monoisotopic (exact) mass is 237 g/mol. The van der Waals surface area contributed by atoms with Gasteiger partial charge in [-0.3, -0.25) is 4.79 Å². The fraction of sp³-hybridized carbons (Fsp3) is 0.462. The minimum Gasteiger partial charge on any atom is -0.368 e. The molecule has 0 bridgehead atoms. The van der Waals surface area contributed by atoms with Gasteiger partial charge in [-0.05, 0) is 37.5 Å². The van der Waals surface area contributed by atoms with E-state index in [1.807, 2.05) is 6.07 Å². The van der Waals surface area contributed by atoms with Crippen LogP contribution in [0.25, 0.3) is 0 Å². The van der Waals surface area contributed by atoms with Gasteiger partial charge in [0, 0.05) is 28.9 Å².